The number of hydrogen-bond acceptors (Lipinski definition) is 6. The summed E-state index contributed by atoms with van der Waals surface area (Å²) in [5, 5.41) is 6.67. The van der Waals surface area contributed by atoms with Crippen LogP contribution in [0.3, 0.4) is 0 Å². The molecular formula is C17H16N4O4. The third kappa shape index (κ3) is 3.52. The normalized spacial score (nSPS) is 13.8. The molecule has 0 aliphatic heterocycles. The van der Waals surface area contributed by atoms with Crippen molar-refractivity contribution in [2.75, 3.05) is 0 Å². The molecule has 3 aromatic rings. The summed E-state index contributed by atoms with van der Waals surface area (Å²) in [6.07, 6.45) is 5.25. The molecule has 1 saturated carbocycles. The molecule has 0 unspecified atom stereocenters. The zero-order chi connectivity index (χ0) is 17.2. The number of rotatable bonds is 6. The summed E-state index contributed by atoms with van der Waals surface area (Å²) in [6, 6.07) is 6.51. The lowest BCUT2D eigenvalue weighted by Crippen LogP contribution is -2.31. The summed E-state index contributed by atoms with van der Waals surface area (Å²) < 4.78 is 11.7. The molecule has 128 valence electrons. The largest absolute Gasteiger partial charge is 0.467 e. The summed E-state index contributed by atoms with van der Waals surface area (Å²) in [7, 11) is 0. The van der Waals surface area contributed by atoms with E-state index in [1.54, 1.807) is 24.4 Å². The minimum absolute atomic E-state index is 0.100. The van der Waals surface area contributed by atoms with E-state index in [2.05, 4.69) is 15.5 Å². The third-order valence-corrected chi connectivity index (χ3v) is 3.97. The number of carbonyl (C=O) groups is 1. The predicted molar refractivity (Wildman–Crippen MR) is 86.5 cm³/mol. The topological polar surface area (TPSA) is 103 Å². The average Bonchev–Trinajstić information content (AvgIpc) is 3.12. The Morgan fingerprint density at radius 2 is 2.20 bits per heavy atom. The molecule has 4 rings (SSSR count). The van der Waals surface area contributed by atoms with Crippen LogP contribution in [-0.4, -0.2) is 20.6 Å². The van der Waals surface area contributed by atoms with Gasteiger partial charge in [-0.3, -0.25) is 9.59 Å². The molecular weight excluding hydrogens is 324 g/mol. The van der Waals surface area contributed by atoms with Gasteiger partial charge in [0.1, 0.15) is 12.3 Å². The van der Waals surface area contributed by atoms with Gasteiger partial charge in [-0.15, -0.1) is 0 Å². The maximum Gasteiger partial charge on any atom is 0.259 e. The summed E-state index contributed by atoms with van der Waals surface area (Å²) in [5.74, 6) is 1.79. The number of pyridine rings is 1. The summed E-state index contributed by atoms with van der Waals surface area (Å²) >= 11 is 0. The highest BCUT2D eigenvalue weighted by Gasteiger charge is 2.29. The molecule has 3 heterocycles. The van der Waals surface area contributed by atoms with Crippen molar-refractivity contribution in [1.82, 2.24) is 20.0 Å². The molecule has 1 aliphatic rings. The molecule has 0 radical (unpaired) electrons. The van der Waals surface area contributed by atoms with Crippen LogP contribution in [0.4, 0.5) is 0 Å². The minimum Gasteiger partial charge on any atom is -0.467 e. The Labute approximate surface area is 142 Å². The Morgan fingerprint density at radius 3 is 2.96 bits per heavy atom. The van der Waals surface area contributed by atoms with Gasteiger partial charge in [-0.2, -0.15) is 4.98 Å². The van der Waals surface area contributed by atoms with Crippen LogP contribution in [0.15, 0.2) is 50.5 Å². The van der Waals surface area contributed by atoms with Crippen molar-refractivity contribution in [3.05, 3.63) is 58.7 Å². The van der Waals surface area contributed by atoms with Gasteiger partial charge >= 0.3 is 0 Å². The lowest BCUT2D eigenvalue weighted by molar-refractivity contribution is -0.121. The fourth-order valence-corrected chi connectivity index (χ4v) is 2.45. The summed E-state index contributed by atoms with van der Waals surface area (Å²) in [6.45, 7) is 0.172. The highest BCUT2D eigenvalue weighted by Crippen LogP contribution is 2.38. The Kier molecular flexibility index (Phi) is 3.93. The Bertz CT molecular complexity index is 938. The molecule has 0 spiro atoms. The zero-order valence-electron chi connectivity index (χ0n) is 13.3. The minimum atomic E-state index is -0.292. The number of nitrogens with one attached hydrogen (secondary N) is 1. The van der Waals surface area contributed by atoms with Crippen molar-refractivity contribution in [3.8, 4) is 11.5 Å². The number of hydrogen-bond donors (Lipinski definition) is 1. The molecule has 1 N–H and O–H groups in total. The lowest BCUT2D eigenvalue weighted by Gasteiger charge is -2.07. The van der Waals surface area contributed by atoms with Crippen LogP contribution in [0.2, 0.25) is 0 Å². The fraction of sp³-hybridized carbons (Fsp3) is 0.294. The van der Waals surface area contributed by atoms with Crippen LogP contribution in [-0.2, 0) is 17.9 Å². The standard InChI is InChI=1S/C17H16N4O4/c22-14(18-8-13-2-1-7-24-13)10-21-9-12(5-6-15(21)23)17-19-16(20-25-17)11-3-4-11/h1-2,5-7,9,11H,3-4,8,10H2,(H,18,22). The van der Waals surface area contributed by atoms with E-state index in [4.69, 9.17) is 8.94 Å². The molecule has 0 atom stereocenters. The predicted octanol–water partition coefficient (Wildman–Crippen LogP) is 1.69. The van der Waals surface area contributed by atoms with Crippen molar-refractivity contribution in [3.63, 3.8) is 0 Å². The summed E-state index contributed by atoms with van der Waals surface area (Å²) in [4.78, 5) is 28.4. The van der Waals surface area contributed by atoms with Gasteiger partial charge in [-0.1, -0.05) is 5.16 Å². The lowest BCUT2D eigenvalue weighted by atomic mass is 10.2. The fourth-order valence-electron chi connectivity index (χ4n) is 2.45. The zero-order valence-corrected chi connectivity index (χ0v) is 13.3. The number of aromatic nitrogens is 3. The number of nitrogens with zero attached hydrogens (tertiary/aromatic N) is 3. The molecule has 8 heteroatoms. The van der Waals surface area contributed by atoms with E-state index >= 15 is 0 Å². The average molecular weight is 340 g/mol. The third-order valence-electron chi connectivity index (χ3n) is 3.97. The smallest absolute Gasteiger partial charge is 0.259 e. The molecule has 1 aliphatic carbocycles. The van der Waals surface area contributed by atoms with Crippen LogP contribution in [0, 0.1) is 0 Å². The monoisotopic (exact) mass is 340 g/mol. The Hall–Kier alpha value is -3.16. The maximum absolute atomic E-state index is 12.0. The number of amides is 1. The van der Waals surface area contributed by atoms with Crippen LogP contribution < -0.4 is 10.9 Å². The first-order valence-electron chi connectivity index (χ1n) is 8.02. The van der Waals surface area contributed by atoms with Crippen LogP contribution in [0.1, 0.15) is 30.3 Å². The number of furan rings is 1. The molecule has 1 fully saturated rings. The van der Waals surface area contributed by atoms with E-state index in [0.29, 0.717) is 29.0 Å². The first-order chi connectivity index (χ1) is 12.2. The van der Waals surface area contributed by atoms with Gasteiger partial charge in [0, 0.05) is 18.2 Å². The van der Waals surface area contributed by atoms with E-state index in [-0.39, 0.29) is 24.6 Å². The van der Waals surface area contributed by atoms with Gasteiger partial charge in [-0.25, -0.2) is 0 Å². The van der Waals surface area contributed by atoms with Crippen molar-refractivity contribution in [2.45, 2.75) is 31.8 Å². The second kappa shape index (κ2) is 6.39. The first-order valence-corrected chi connectivity index (χ1v) is 8.02. The van der Waals surface area contributed by atoms with E-state index in [0.717, 1.165) is 12.8 Å². The van der Waals surface area contributed by atoms with Gasteiger partial charge in [0.2, 0.25) is 5.91 Å². The quantitative estimate of drug-likeness (QED) is 0.732. The van der Waals surface area contributed by atoms with Gasteiger partial charge in [0.15, 0.2) is 5.82 Å². The van der Waals surface area contributed by atoms with Crippen molar-refractivity contribution < 1.29 is 13.7 Å². The van der Waals surface area contributed by atoms with Crippen molar-refractivity contribution in [1.29, 1.82) is 0 Å². The van der Waals surface area contributed by atoms with Crippen LogP contribution in [0.5, 0.6) is 0 Å². The second-order valence-electron chi connectivity index (χ2n) is 5.97. The van der Waals surface area contributed by atoms with E-state index in [9.17, 15) is 9.59 Å². The van der Waals surface area contributed by atoms with E-state index < -0.39 is 0 Å². The van der Waals surface area contributed by atoms with Gasteiger partial charge in [0.25, 0.3) is 11.4 Å². The van der Waals surface area contributed by atoms with Crippen molar-refractivity contribution >= 4 is 5.91 Å². The molecule has 8 nitrogen and oxygen atoms in total. The molecule has 0 bridgehead atoms. The molecule has 1 amide bonds. The highest BCUT2D eigenvalue weighted by atomic mass is 16.5. The molecule has 25 heavy (non-hydrogen) atoms. The van der Waals surface area contributed by atoms with Gasteiger partial charge in [0.05, 0.1) is 18.4 Å². The highest BCUT2D eigenvalue weighted by molar-refractivity contribution is 5.75. The molecule has 0 aromatic carbocycles. The van der Waals surface area contributed by atoms with Crippen LogP contribution >= 0.6 is 0 Å². The Morgan fingerprint density at radius 1 is 1.32 bits per heavy atom. The molecule has 3 aromatic heterocycles. The van der Waals surface area contributed by atoms with E-state index in [1.807, 2.05) is 0 Å². The second-order valence-corrected chi connectivity index (χ2v) is 5.97. The van der Waals surface area contributed by atoms with Gasteiger partial charge < -0.3 is 18.8 Å². The van der Waals surface area contributed by atoms with Crippen molar-refractivity contribution in [2.24, 2.45) is 0 Å². The Balaban J connectivity index is 1.47. The van der Waals surface area contributed by atoms with Crippen LogP contribution in [0.25, 0.3) is 11.5 Å². The number of carbonyl (C=O) groups excluding carboxylic acids is 1. The maximum atomic E-state index is 12.0. The van der Waals surface area contributed by atoms with Gasteiger partial charge in [-0.05, 0) is 31.0 Å². The van der Waals surface area contributed by atoms with E-state index in [1.165, 1.54) is 16.9 Å². The molecule has 0 saturated heterocycles. The SMILES string of the molecule is O=C(Cn1cc(-c2nc(C3CC3)no2)ccc1=O)NCc1ccco1. The summed E-state index contributed by atoms with van der Waals surface area (Å²) in [5.41, 5.74) is 0.330. The first kappa shape index (κ1) is 15.4.